The Morgan fingerprint density at radius 1 is 1.23 bits per heavy atom. The second-order valence-corrected chi connectivity index (χ2v) is 12.9. The molecule has 3 atom stereocenters. The number of primary amides is 1. The molecule has 0 bridgehead atoms. The first kappa shape index (κ1) is 27.8. The zero-order valence-corrected chi connectivity index (χ0v) is 23.2. The van der Waals surface area contributed by atoms with Crippen molar-refractivity contribution in [3.8, 4) is 0 Å². The highest BCUT2D eigenvalue weighted by Gasteiger charge is 2.38. The summed E-state index contributed by atoms with van der Waals surface area (Å²) >= 11 is 0. The van der Waals surface area contributed by atoms with Crippen LogP contribution >= 0.6 is 0 Å². The van der Waals surface area contributed by atoms with Gasteiger partial charge in [0.25, 0.3) is 11.8 Å². The highest BCUT2D eigenvalue weighted by Crippen LogP contribution is 2.31. The van der Waals surface area contributed by atoms with E-state index in [0.717, 1.165) is 11.4 Å². The van der Waals surface area contributed by atoms with Crippen molar-refractivity contribution in [1.29, 1.82) is 0 Å². The quantitative estimate of drug-likeness (QED) is 0.314. The smallest absolute Gasteiger partial charge is 0.264 e. The molecule has 1 saturated carbocycles. The standard InChI is InChI=1S/C27H32BN5O6S/c1-15-3-2-4-18(30-15)11-24(34)23-10-17(28)12-33(23)25(35)14-32-13-21(26(29)36)20-9-16(5-8-22(20)32)27(37)31-40(38,39)19-6-7-19/h2-5,8-9,13,17,19,23-24,34H,6-7,10-12,14,28H2,1H3,(H2,29,36)(H,31,37)/t17-,23-,24?/m1/s1. The van der Waals surface area contributed by atoms with Crippen LogP contribution in [0.15, 0.2) is 42.6 Å². The average Bonchev–Trinajstić information content (AvgIpc) is 3.60. The van der Waals surface area contributed by atoms with Gasteiger partial charge in [-0.25, -0.2) is 13.1 Å². The Balaban J connectivity index is 1.37. The first-order valence-corrected chi connectivity index (χ1v) is 14.9. The number of carbonyl (C=O) groups is 3. The topological polar surface area (TPSA) is 165 Å². The molecule has 1 aliphatic heterocycles. The number of rotatable bonds is 9. The summed E-state index contributed by atoms with van der Waals surface area (Å²) in [6.07, 6.45) is 2.68. The molecule has 210 valence electrons. The molecule has 40 heavy (non-hydrogen) atoms. The maximum absolute atomic E-state index is 13.5. The average molecular weight is 565 g/mol. The number of hydrogen-bond donors (Lipinski definition) is 3. The molecule has 2 aromatic heterocycles. The lowest BCUT2D eigenvalue weighted by atomic mass is 9.84. The minimum Gasteiger partial charge on any atom is -0.391 e. The number of nitrogens with one attached hydrogen (secondary N) is 1. The van der Waals surface area contributed by atoms with Gasteiger partial charge in [0.1, 0.15) is 14.4 Å². The first-order valence-electron chi connectivity index (χ1n) is 13.3. The Morgan fingerprint density at radius 2 is 1.98 bits per heavy atom. The van der Waals surface area contributed by atoms with E-state index < -0.39 is 33.2 Å². The number of nitrogens with zero attached hydrogens (tertiary/aromatic N) is 3. The summed E-state index contributed by atoms with van der Waals surface area (Å²) in [5.74, 6) is -1.56. The summed E-state index contributed by atoms with van der Waals surface area (Å²) in [5.41, 5.74) is 7.88. The lowest BCUT2D eigenvalue weighted by molar-refractivity contribution is -0.134. The number of fused-ring (bicyclic) bond motifs is 1. The largest absolute Gasteiger partial charge is 0.391 e. The first-order chi connectivity index (χ1) is 18.9. The van der Waals surface area contributed by atoms with Crippen LogP contribution in [-0.2, 0) is 27.8 Å². The van der Waals surface area contributed by atoms with Gasteiger partial charge in [-0.15, -0.1) is 0 Å². The van der Waals surface area contributed by atoms with Gasteiger partial charge in [0.05, 0.1) is 23.0 Å². The molecule has 4 N–H and O–H groups in total. The fraction of sp³-hybridized carbons (Fsp3) is 0.407. The number of likely N-dealkylation sites (tertiary alicyclic amines) is 1. The number of amides is 3. The van der Waals surface area contributed by atoms with E-state index in [1.54, 1.807) is 15.5 Å². The van der Waals surface area contributed by atoms with Gasteiger partial charge in [0, 0.05) is 47.0 Å². The van der Waals surface area contributed by atoms with Crippen LogP contribution in [0.3, 0.4) is 0 Å². The van der Waals surface area contributed by atoms with Crippen molar-refractivity contribution < 1.29 is 27.9 Å². The number of benzene rings is 1. The van der Waals surface area contributed by atoms with Gasteiger partial charge in [-0.1, -0.05) is 11.9 Å². The molecule has 0 spiro atoms. The second kappa shape index (κ2) is 10.7. The Kier molecular flexibility index (Phi) is 7.45. The third-order valence-electron chi connectivity index (χ3n) is 7.59. The molecule has 1 aliphatic carbocycles. The van der Waals surface area contributed by atoms with E-state index in [9.17, 15) is 27.9 Å². The molecule has 3 amide bonds. The molecule has 3 aromatic rings. The molecule has 13 heteroatoms. The predicted octanol–water partition coefficient (Wildman–Crippen LogP) is 0.292. The number of aliphatic hydroxyl groups excluding tert-OH is 1. The van der Waals surface area contributed by atoms with Crippen LogP contribution in [-0.4, -0.2) is 77.5 Å². The summed E-state index contributed by atoms with van der Waals surface area (Å²) in [6, 6.07) is 9.67. The highest BCUT2D eigenvalue weighted by atomic mass is 32.2. The Bertz CT molecular complexity index is 1600. The number of aromatic nitrogens is 2. The minimum absolute atomic E-state index is 0.0598. The van der Waals surface area contributed by atoms with Gasteiger partial charge >= 0.3 is 0 Å². The van der Waals surface area contributed by atoms with Crippen molar-refractivity contribution in [3.63, 3.8) is 0 Å². The van der Waals surface area contributed by atoms with Gasteiger partial charge in [0.15, 0.2) is 0 Å². The summed E-state index contributed by atoms with van der Waals surface area (Å²) in [4.78, 5) is 44.6. The Morgan fingerprint density at radius 3 is 2.65 bits per heavy atom. The number of sulfonamides is 1. The van der Waals surface area contributed by atoms with Crippen LogP contribution in [0.25, 0.3) is 10.9 Å². The Hall–Kier alpha value is -3.71. The third kappa shape index (κ3) is 5.75. The summed E-state index contributed by atoms with van der Waals surface area (Å²) in [5, 5.41) is 10.8. The van der Waals surface area contributed by atoms with E-state index in [1.165, 1.54) is 18.3 Å². The molecular formula is C27H32BN5O6S. The van der Waals surface area contributed by atoms with Crippen LogP contribution in [0.2, 0.25) is 5.82 Å². The zero-order valence-electron chi connectivity index (χ0n) is 22.4. The maximum Gasteiger partial charge on any atom is 0.264 e. The van der Waals surface area contributed by atoms with Crippen LogP contribution < -0.4 is 10.5 Å². The monoisotopic (exact) mass is 565 g/mol. The van der Waals surface area contributed by atoms with Crippen LogP contribution in [0.4, 0.5) is 0 Å². The van der Waals surface area contributed by atoms with Crippen molar-refractivity contribution >= 4 is 46.5 Å². The minimum atomic E-state index is -3.74. The lowest BCUT2D eigenvalue weighted by Gasteiger charge is -2.29. The van der Waals surface area contributed by atoms with E-state index in [2.05, 4.69) is 9.71 Å². The maximum atomic E-state index is 13.5. The SMILES string of the molecule is B[C@@H]1C[C@H](C(O)Cc2cccc(C)n2)N(C(=O)Cn2cc(C(N)=O)c3cc(C(=O)NS(=O)(=O)C4CC4)ccc32)C1. The van der Waals surface area contributed by atoms with Crippen molar-refractivity contribution in [3.05, 3.63) is 65.1 Å². The number of carbonyl (C=O) groups excluding carboxylic acids is 3. The van der Waals surface area contributed by atoms with E-state index in [0.29, 0.717) is 43.1 Å². The zero-order chi connectivity index (χ0) is 28.8. The molecule has 1 aromatic carbocycles. The van der Waals surface area contributed by atoms with E-state index in [4.69, 9.17) is 5.73 Å². The van der Waals surface area contributed by atoms with Crippen molar-refractivity contribution in [2.75, 3.05) is 6.54 Å². The van der Waals surface area contributed by atoms with E-state index >= 15 is 0 Å². The summed E-state index contributed by atoms with van der Waals surface area (Å²) in [6.45, 7) is 2.27. The number of aryl methyl sites for hydroxylation is 1. The van der Waals surface area contributed by atoms with Gasteiger partial charge in [-0.3, -0.25) is 19.4 Å². The molecule has 1 saturated heterocycles. The fourth-order valence-corrected chi connectivity index (χ4v) is 6.75. The summed E-state index contributed by atoms with van der Waals surface area (Å²) in [7, 11) is -1.71. The van der Waals surface area contributed by atoms with Gasteiger partial charge in [-0.2, -0.15) is 0 Å². The van der Waals surface area contributed by atoms with Crippen molar-refractivity contribution in [1.82, 2.24) is 19.2 Å². The number of pyridine rings is 1. The normalized spacial score (nSPS) is 20.0. The number of nitrogens with two attached hydrogens (primary N) is 1. The van der Waals surface area contributed by atoms with E-state index in [-0.39, 0.29) is 35.4 Å². The van der Waals surface area contributed by atoms with Crippen LogP contribution in [0.1, 0.15) is 51.4 Å². The molecule has 0 radical (unpaired) electrons. The molecule has 3 heterocycles. The van der Waals surface area contributed by atoms with Crippen molar-refractivity contribution in [2.45, 2.75) is 62.4 Å². The van der Waals surface area contributed by atoms with E-state index in [1.807, 2.05) is 33.0 Å². The predicted molar refractivity (Wildman–Crippen MR) is 151 cm³/mol. The van der Waals surface area contributed by atoms with Gasteiger partial charge in [0.2, 0.25) is 15.9 Å². The Labute approximate surface area is 233 Å². The van der Waals surface area contributed by atoms with Crippen LogP contribution in [0, 0.1) is 6.92 Å². The lowest BCUT2D eigenvalue weighted by Crippen LogP contribution is -2.45. The fourth-order valence-electron chi connectivity index (χ4n) is 5.45. The van der Waals surface area contributed by atoms with Gasteiger partial charge < -0.3 is 20.3 Å². The number of hydrogen-bond acceptors (Lipinski definition) is 7. The highest BCUT2D eigenvalue weighted by molar-refractivity contribution is 7.91. The van der Waals surface area contributed by atoms with Gasteiger partial charge in [-0.05, 0) is 56.5 Å². The number of aliphatic hydroxyl groups is 1. The van der Waals surface area contributed by atoms with Crippen LogP contribution in [0.5, 0.6) is 0 Å². The molecule has 11 nitrogen and oxygen atoms in total. The van der Waals surface area contributed by atoms with Crippen molar-refractivity contribution in [2.24, 2.45) is 5.73 Å². The molecule has 2 aliphatic rings. The molecular weight excluding hydrogens is 533 g/mol. The second-order valence-electron chi connectivity index (χ2n) is 10.9. The molecule has 5 rings (SSSR count). The third-order valence-corrected chi connectivity index (χ3v) is 9.41. The molecule has 1 unspecified atom stereocenters. The molecule has 2 fully saturated rings. The summed E-state index contributed by atoms with van der Waals surface area (Å²) < 4.78 is 28.1.